The Morgan fingerprint density at radius 3 is 2.62 bits per heavy atom. The number of rotatable bonds is 5. The Bertz CT molecular complexity index is 680. The van der Waals surface area contributed by atoms with Crippen LogP contribution in [0.3, 0.4) is 0 Å². The number of carbonyl (C=O) groups is 1. The molecule has 1 heterocycles. The van der Waals surface area contributed by atoms with Crippen LogP contribution < -0.4 is 5.32 Å². The summed E-state index contributed by atoms with van der Waals surface area (Å²) in [6, 6.07) is 10.0. The highest BCUT2D eigenvalue weighted by molar-refractivity contribution is 8.00. The molecule has 1 saturated carbocycles. The van der Waals surface area contributed by atoms with Gasteiger partial charge in [0.2, 0.25) is 5.91 Å². The standard InChI is InChI=1S/C18H24N4OS/c1-13(17(23)19-15-9-5-3-6-10-15)24-18-21-20-14(2)22(18)16-11-7-4-8-12-16/h3,5-6,9-10,13,16H,4,7-8,11-12H2,1-2H3,(H,19,23)/t13-/m1/s1. The third kappa shape index (κ3) is 3.98. The van der Waals surface area contributed by atoms with Crippen molar-refractivity contribution in [1.82, 2.24) is 14.8 Å². The van der Waals surface area contributed by atoms with Gasteiger partial charge in [-0.05, 0) is 38.8 Å². The minimum Gasteiger partial charge on any atom is -0.325 e. The lowest BCUT2D eigenvalue weighted by molar-refractivity contribution is -0.115. The summed E-state index contributed by atoms with van der Waals surface area (Å²) < 4.78 is 2.23. The highest BCUT2D eigenvalue weighted by Crippen LogP contribution is 2.33. The van der Waals surface area contributed by atoms with Crippen LogP contribution in [0.1, 0.15) is 50.9 Å². The highest BCUT2D eigenvalue weighted by atomic mass is 32.2. The first kappa shape index (κ1) is 17.0. The number of thioether (sulfide) groups is 1. The zero-order valence-electron chi connectivity index (χ0n) is 14.2. The first-order chi connectivity index (χ1) is 11.6. The number of para-hydroxylation sites is 1. The molecule has 0 spiro atoms. The average Bonchev–Trinajstić information content (AvgIpc) is 2.97. The minimum atomic E-state index is -0.226. The van der Waals surface area contributed by atoms with Crippen molar-refractivity contribution in [3.63, 3.8) is 0 Å². The van der Waals surface area contributed by atoms with Crippen LogP contribution >= 0.6 is 11.8 Å². The Balaban J connectivity index is 1.68. The molecule has 1 aliphatic carbocycles. The largest absolute Gasteiger partial charge is 0.325 e. The number of anilines is 1. The lowest BCUT2D eigenvalue weighted by atomic mass is 9.95. The maximum Gasteiger partial charge on any atom is 0.237 e. The summed E-state index contributed by atoms with van der Waals surface area (Å²) in [6.07, 6.45) is 6.19. The summed E-state index contributed by atoms with van der Waals surface area (Å²) in [5.41, 5.74) is 0.819. The molecule has 0 saturated heterocycles. The summed E-state index contributed by atoms with van der Waals surface area (Å²) >= 11 is 1.49. The third-order valence-electron chi connectivity index (χ3n) is 4.47. The molecule has 2 aromatic rings. The highest BCUT2D eigenvalue weighted by Gasteiger charge is 2.24. The maximum atomic E-state index is 12.4. The van der Waals surface area contributed by atoms with E-state index < -0.39 is 0 Å². The molecule has 1 fully saturated rings. The van der Waals surface area contributed by atoms with Gasteiger partial charge in [0.05, 0.1) is 5.25 Å². The van der Waals surface area contributed by atoms with Gasteiger partial charge in [-0.1, -0.05) is 49.2 Å². The minimum absolute atomic E-state index is 0.0120. The number of nitrogens with zero attached hydrogens (tertiary/aromatic N) is 3. The lowest BCUT2D eigenvalue weighted by Crippen LogP contribution is -2.23. The molecule has 6 heteroatoms. The van der Waals surface area contributed by atoms with E-state index in [1.54, 1.807) is 0 Å². The molecular formula is C18H24N4OS. The van der Waals surface area contributed by atoms with Crippen molar-refractivity contribution in [2.24, 2.45) is 0 Å². The molecular weight excluding hydrogens is 320 g/mol. The van der Waals surface area contributed by atoms with Crippen LogP contribution in [0.5, 0.6) is 0 Å². The zero-order valence-corrected chi connectivity index (χ0v) is 15.1. The van der Waals surface area contributed by atoms with Gasteiger partial charge in [0.1, 0.15) is 5.82 Å². The second-order valence-electron chi connectivity index (χ2n) is 6.31. The molecule has 1 N–H and O–H groups in total. The van der Waals surface area contributed by atoms with Gasteiger partial charge in [0.25, 0.3) is 0 Å². The topological polar surface area (TPSA) is 59.8 Å². The van der Waals surface area contributed by atoms with Crippen LogP contribution in [0.4, 0.5) is 5.69 Å². The monoisotopic (exact) mass is 344 g/mol. The van der Waals surface area contributed by atoms with E-state index in [9.17, 15) is 4.79 Å². The van der Waals surface area contributed by atoms with Crippen molar-refractivity contribution in [3.05, 3.63) is 36.2 Å². The van der Waals surface area contributed by atoms with Gasteiger partial charge < -0.3 is 9.88 Å². The molecule has 0 aliphatic heterocycles. The summed E-state index contributed by atoms with van der Waals surface area (Å²) in [4.78, 5) is 12.4. The molecule has 1 aromatic heterocycles. The normalized spacial score (nSPS) is 16.8. The number of benzene rings is 1. The van der Waals surface area contributed by atoms with E-state index in [-0.39, 0.29) is 11.2 Å². The number of hydrogen-bond donors (Lipinski definition) is 1. The predicted octanol–water partition coefficient (Wildman–Crippen LogP) is 4.21. The van der Waals surface area contributed by atoms with E-state index in [4.69, 9.17) is 0 Å². The first-order valence-electron chi connectivity index (χ1n) is 8.59. The van der Waals surface area contributed by atoms with Crippen molar-refractivity contribution in [2.45, 2.75) is 62.4 Å². The molecule has 0 unspecified atom stereocenters. The Kier molecular flexibility index (Phi) is 5.56. The first-order valence-corrected chi connectivity index (χ1v) is 9.47. The van der Waals surface area contributed by atoms with Gasteiger partial charge >= 0.3 is 0 Å². The number of amides is 1. The van der Waals surface area contributed by atoms with Gasteiger partial charge in [-0.15, -0.1) is 10.2 Å². The fraction of sp³-hybridized carbons (Fsp3) is 0.500. The van der Waals surface area contributed by atoms with Crippen molar-refractivity contribution < 1.29 is 4.79 Å². The van der Waals surface area contributed by atoms with Crippen molar-refractivity contribution in [1.29, 1.82) is 0 Å². The molecule has 5 nitrogen and oxygen atoms in total. The Morgan fingerprint density at radius 1 is 1.21 bits per heavy atom. The number of hydrogen-bond acceptors (Lipinski definition) is 4. The fourth-order valence-corrected chi connectivity index (χ4v) is 4.13. The van der Waals surface area contributed by atoms with Crippen LogP contribution in [0.25, 0.3) is 0 Å². The smallest absolute Gasteiger partial charge is 0.237 e. The Morgan fingerprint density at radius 2 is 1.92 bits per heavy atom. The maximum absolute atomic E-state index is 12.4. The van der Waals surface area contributed by atoms with E-state index in [1.165, 1.54) is 43.9 Å². The van der Waals surface area contributed by atoms with Crippen molar-refractivity contribution in [2.75, 3.05) is 5.32 Å². The van der Waals surface area contributed by atoms with E-state index in [2.05, 4.69) is 20.1 Å². The summed E-state index contributed by atoms with van der Waals surface area (Å²) in [6.45, 7) is 3.92. The molecule has 1 amide bonds. The molecule has 3 rings (SSSR count). The Labute approximate surface area is 147 Å². The van der Waals surface area contributed by atoms with Crippen LogP contribution in [-0.2, 0) is 4.79 Å². The average molecular weight is 344 g/mol. The molecule has 1 aromatic carbocycles. The second kappa shape index (κ2) is 7.83. The number of aromatic nitrogens is 3. The van der Waals surface area contributed by atoms with Crippen LogP contribution in [0.15, 0.2) is 35.5 Å². The zero-order chi connectivity index (χ0) is 16.9. The van der Waals surface area contributed by atoms with E-state index in [0.29, 0.717) is 6.04 Å². The number of nitrogens with one attached hydrogen (secondary N) is 1. The van der Waals surface area contributed by atoms with E-state index in [1.807, 2.05) is 44.2 Å². The molecule has 1 atom stereocenters. The van der Waals surface area contributed by atoms with Gasteiger partial charge in [0.15, 0.2) is 5.16 Å². The SMILES string of the molecule is Cc1nnc(S[C@H](C)C(=O)Nc2ccccc2)n1C1CCCCC1. The van der Waals surface area contributed by atoms with Gasteiger partial charge in [-0.25, -0.2) is 0 Å². The van der Waals surface area contributed by atoms with Crippen LogP contribution in [0, 0.1) is 6.92 Å². The predicted molar refractivity (Wildman–Crippen MR) is 97.3 cm³/mol. The Hall–Kier alpha value is -1.82. The second-order valence-corrected chi connectivity index (χ2v) is 7.61. The van der Waals surface area contributed by atoms with Crippen molar-refractivity contribution >= 4 is 23.4 Å². The van der Waals surface area contributed by atoms with Crippen molar-refractivity contribution in [3.8, 4) is 0 Å². The molecule has 1 aliphatic rings. The van der Waals surface area contributed by atoms with E-state index in [0.717, 1.165) is 16.7 Å². The third-order valence-corrected chi connectivity index (χ3v) is 5.52. The van der Waals surface area contributed by atoms with Gasteiger partial charge in [-0.3, -0.25) is 4.79 Å². The van der Waals surface area contributed by atoms with Gasteiger partial charge in [0, 0.05) is 11.7 Å². The molecule has 128 valence electrons. The summed E-state index contributed by atoms with van der Waals surface area (Å²) in [5.74, 6) is 0.933. The lowest BCUT2D eigenvalue weighted by Gasteiger charge is -2.25. The summed E-state index contributed by atoms with van der Waals surface area (Å²) in [5, 5.41) is 12.1. The number of carbonyl (C=O) groups excluding carboxylic acids is 1. The molecule has 0 radical (unpaired) electrons. The molecule has 24 heavy (non-hydrogen) atoms. The number of aryl methyl sites for hydroxylation is 1. The fourth-order valence-electron chi connectivity index (χ4n) is 3.17. The van der Waals surface area contributed by atoms with Crippen LogP contribution in [-0.4, -0.2) is 25.9 Å². The van der Waals surface area contributed by atoms with E-state index >= 15 is 0 Å². The quantitative estimate of drug-likeness (QED) is 0.825. The van der Waals surface area contributed by atoms with Gasteiger partial charge in [-0.2, -0.15) is 0 Å². The summed E-state index contributed by atoms with van der Waals surface area (Å²) in [7, 11) is 0. The molecule has 0 bridgehead atoms. The van der Waals surface area contributed by atoms with Crippen LogP contribution in [0.2, 0.25) is 0 Å².